The van der Waals surface area contributed by atoms with Crippen LogP contribution in [0.25, 0.3) is 0 Å². The van der Waals surface area contributed by atoms with E-state index in [0.717, 1.165) is 9.54 Å². The molecule has 0 aliphatic carbocycles. The molecule has 6 nitrogen and oxygen atoms in total. The molecule has 7 heteroatoms. The number of nitrogens with zero attached hydrogens (tertiary/aromatic N) is 1. The molecule has 1 atom stereocenters. The second-order valence-corrected chi connectivity index (χ2v) is 8.85. The average Bonchev–Trinajstić information content (AvgIpc) is 3.03. The summed E-state index contributed by atoms with van der Waals surface area (Å²) in [6.45, 7) is 7.07. The topological polar surface area (TPSA) is 93.4 Å². The van der Waals surface area contributed by atoms with Gasteiger partial charge in [0.2, 0.25) is 0 Å². The summed E-state index contributed by atoms with van der Waals surface area (Å²) in [5.41, 5.74) is 1.64. The number of aryl methyl sites for hydroxylation is 1. The number of ketones is 1. The van der Waals surface area contributed by atoms with Crippen molar-refractivity contribution in [3.63, 3.8) is 0 Å². The monoisotopic (exact) mass is 391 g/mol. The van der Waals surface area contributed by atoms with Crippen molar-refractivity contribution in [3.8, 4) is 0 Å². The van der Waals surface area contributed by atoms with Gasteiger partial charge in [0.15, 0.2) is 5.78 Å². The SMILES string of the molecule is CCC(Cc1cn(S(=O)(=O)c2ccc(C)cc2)cc1C(=O)C(C)C)C(=O)O. The second kappa shape index (κ2) is 8.08. The lowest BCUT2D eigenvalue weighted by atomic mass is 9.93. The fourth-order valence-corrected chi connectivity index (χ4v) is 4.04. The van der Waals surface area contributed by atoms with Gasteiger partial charge in [0.1, 0.15) is 0 Å². The highest BCUT2D eigenvalue weighted by Gasteiger charge is 2.26. The van der Waals surface area contributed by atoms with Crippen LogP contribution in [0, 0.1) is 18.8 Å². The lowest BCUT2D eigenvalue weighted by molar-refractivity contribution is -0.141. The fourth-order valence-electron chi connectivity index (χ4n) is 2.81. The van der Waals surface area contributed by atoms with Crippen molar-refractivity contribution in [2.45, 2.75) is 45.4 Å². The van der Waals surface area contributed by atoms with Gasteiger partial charge in [-0.05, 0) is 37.5 Å². The third kappa shape index (κ3) is 4.47. The van der Waals surface area contributed by atoms with Crippen LogP contribution in [0.15, 0.2) is 41.6 Å². The number of rotatable bonds is 8. The highest BCUT2D eigenvalue weighted by molar-refractivity contribution is 7.90. The molecule has 1 aromatic heterocycles. The lowest BCUT2D eigenvalue weighted by Gasteiger charge is -2.10. The highest BCUT2D eigenvalue weighted by atomic mass is 32.2. The van der Waals surface area contributed by atoms with E-state index in [1.165, 1.54) is 24.5 Å². The molecule has 0 radical (unpaired) electrons. The minimum atomic E-state index is -3.86. The van der Waals surface area contributed by atoms with Crippen molar-refractivity contribution in [1.29, 1.82) is 0 Å². The summed E-state index contributed by atoms with van der Waals surface area (Å²) in [6.07, 6.45) is 3.18. The third-order valence-electron chi connectivity index (χ3n) is 4.58. The van der Waals surface area contributed by atoms with Crippen LogP contribution in [0.2, 0.25) is 0 Å². The van der Waals surface area contributed by atoms with Crippen molar-refractivity contribution in [3.05, 3.63) is 53.3 Å². The van der Waals surface area contributed by atoms with Gasteiger partial charge in [-0.2, -0.15) is 0 Å². The molecular weight excluding hydrogens is 366 g/mol. The number of aromatic nitrogens is 1. The third-order valence-corrected chi connectivity index (χ3v) is 6.21. The summed E-state index contributed by atoms with van der Waals surface area (Å²) in [5, 5.41) is 9.33. The number of carboxylic acid groups (broad SMARTS) is 1. The van der Waals surface area contributed by atoms with Gasteiger partial charge in [0.05, 0.1) is 10.8 Å². The predicted octanol–water partition coefficient (Wildman–Crippen LogP) is 3.53. The fraction of sp³-hybridized carbons (Fsp3) is 0.400. The maximum atomic E-state index is 12.9. The Bertz CT molecular complexity index is 939. The first-order valence-electron chi connectivity index (χ1n) is 8.88. The Kier molecular flexibility index (Phi) is 6.26. The maximum Gasteiger partial charge on any atom is 0.306 e. The van der Waals surface area contributed by atoms with Gasteiger partial charge in [-0.25, -0.2) is 12.4 Å². The molecule has 0 saturated heterocycles. The first kappa shape index (κ1) is 20.9. The van der Waals surface area contributed by atoms with Gasteiger partial charge in [-0.15, -0.1) is 0 Å². The summed E-state index contributed by atoms with van der Waals surface area (Å²) in [5.74, 6) is -2.18. The van der Waals surface area contributed by atoms with Gasteiger partial charge in [-0.3, -0.25) is 9.59 Å². The number of Topliss-reactive ketones (excluding diaryl/α,β-unsaturated/α-hetero) is 1. The summed E-state index contributed by atoms with van der Waals surface area (Å²) >= 11 is 0. The number of aliphatic carboxylic acids is 1. The summed E-state index contributed by atoms with van der Waals surface area (Å²) in [7, 11) is -3.86. The van der Waals surface area contributed by atoms with Crippen LogP contribution >= 0.6 is 0 Å². The zero-order chi connectivity index (χ0) is 20.4. The van der Waals surface area contributed by atoms with Crippen LogP contribution in [0.1, 0.15) is 48.7 Å². The molecule has 0 fully saturated rings. The van der Waals surface area contributed by atoms with Gasteiger partial charge in [0.25, 0.3) is 10.0 Å². The van der Waals surface area contributed by atoms with E-state index in [1.54, 1.807) is 32.9 Å². The van der Waals surface area contributed by atoms with Gasteiger partial charge in [0, 0.05) is 23.9 Å². The normalized spacial score (nSPS) is 12.9. The highest BCUT2D eigenvalue weighted by Crippen LogP contribution is 2.24. The van der Waals surface area contributed by atoms with Crippen molar-refractivity contribution in [2.24, 2.45) is 11.8 Å². The molecule has 0 amide bonds. The zero-order valence-corrected chi connectivity index (χ0v) is 16.8. The Labute approximate surface area is 159 Å². The number of hydrogen-bond acceptors (Lipinski definition) is 4. The van der Waals surface area contributed by atoms with E-state index < -0.39 is 21.9 Å². The Morgan fingerprint density at radius 1 is 1.11 bits per heavy atom. The molecule has 27 heavy (non-hydrogen) atoms. The molecule has 1 unspecified atom stereocenters. The summed E-state index contributed by atoms with van der Waals surface area (Å²) in [6, 6.07) is 6.44. The van der Waals surface area contributed by atoms with E-state index in [0.29, 0.717) is 12.0 Å². The molecule has 0 aliphatic heterocycles. The van der Waals surface area contributed by atoms with Crippen LogP contribution < -0.4 is 0 Å². The second-order valence-electron chi connectivity index (χ2n) is 7.01. The van der Waals surface area contributed by atoms with Gasteiger partial charge < -0.3 is 5.11 Å². The molecule has 0 aliphatic rings. The Morgan fingerprint density at radius 2 is 1.70 bits per heavy atom. The molecular formula is C20H25NO5S. The van der Waals surface area contributed by atoms with Crippen molar-refractivity contribution < 1.29 is 23.1 Å². The van der Waals surface area contributed by atoms with Crippen molar-refractivity contribution >= 4 is 21.8 Å². The smallest absolute Gasteiger partial charge is 0.306 e. The Balaban J connectivity index is 2.55. The number of hydrogen-bond donors (Lipinski definition) is 1. The first-order valence-corrected chi connectivity index (χ1v) is 10.3. The Hall–Kier alpha value is -2.41. The van der Waals surface area contributed by atoms with Crippen LogP contribution in [-0.2, 0) is 21.2 Å². The molecule has 1 heterocycles. The number of carbonyl (C=O) groups is 2. The zero-order valence-electron chi connectivity index (χ0n) is 16.0. The largest absolute Gasteiger partial charge is 0.481 e. The van der Waals surface area contributed by atoms with Gasteiger partial charge >= 0.3 is 5.97 Å². The van der Waals surface area contributed by atoms with Gasteiger partial charge in [-0.1, -0.05) is 38.5 Å². The van der Waals surface area contributed by atoms with E-state index in [9.17, 15) is 23.1 Å². The molecule has 1 aromatic carbocycles. The van der Waals surface area contributed by atoms with E-state index in [4.69, 9.17) is 0 Å². The van der Waals surface area contributed by atoms with Crippen molar-refractivity contribution in [1.82, 2.24) is 3.97 Å². The molecule has 0 spiro atoms. The van der Waals surface area contributed by atoms with Crippen LogP contribution in [0.4, 0.5) is 0 Å². The summed E-state index contributed by atoms with van der Waals surface area (Å²) in [4.78, 5) is 24.1. The summed E-state index contributed by atoms with van der Waals surface area (Å²) < 4.78 is 26.9. The molecule has 1 N–H and O–H groups in total. The molecule has 2 aromatic rings. The van der Waals surface area contributed by atoms with Crippen molar-refractivity contribution in [2.75, 3.05) is 0 Å². The number of carbonyl (C=O) groups excluding carboxylic acids is 1. The average molecular weight is 391 g/mol. The minimum Gasteiger partial charge on any atom is -0.481 e. The van der Waals surface area contributed by atoms with E-state index in [-0.39, 0.29) is 28.6 Å². The quantitative estimate of drug-likeness (QED) is 0.695. The minimum absolute atomic E-state index is 0.107. The lowest BCUT2D eigenvalue weighted by Crippen LogP contribution is -2.17. The number of benzene rings is 1. The molecule has 0 saturated carbocycles. The standard InChI is InChI=1S/C20H25NO5S/c1-5-15(20(23)24)10-16-11-21(12-18(16)19(22)13(2)3)27(25,26)17-8-6-14(4)7-9-17/h6-9,11-13,15H,5,10H2,1-4H3,(H,23,24). The first-order chi connectivity index (χ1) is 12.6. The van der Waals surface area contributed by atoms with E-state index in [1.807, 2.05) is 6.92 Å². The Morgan fingerprint density at radius 3 is 2.19 bits per heavy atom. The molecule has 0 bridgehead atoms. The molecule has 146 valence electrons. The van der Waals surface area contributed by atoms with E-state index >= 15 is 0 Å². The van der Waals surface area contributed by atoms with Crippen LogP contribution in [0.5, 0.6) is 0 Å². The molecule has 2 rings (SSSR count). The van der Waals surface area contributed by atoms with Crippen LogP contribution in [-0.4, -0.2) is 29.2 Å². The number of carboxylic acids is 1. The maximum absolute atomic E-state index is 12.9. The predicted molar refractivity (Wildman–Crippen MR) is 102 cm³/mol. The van der Waals surface area contributed by atoms with E-state index in [2.05, 4.69) is 0 Å². The van der Waals surface area contributed by atoms with Crippen LogP contribution in [0.3, 0.4) is 0 Å².